The maximum absolute atomic E-state index is 12.0. The molecule has 2 aromatic rings. The highest BCUT2D eigenvalue weighted by atomic mass is 16.5. The number of benzene rings is 1. The van der Waals surface area contributed by atoms with Crippen molar-refractivity contribution in [1.82, 2.24) is 10.3 Å². The average Bonchev–Trinajstić information content (AvgIpc) is 2.90. The number of rotatable bonds is 4. The molecule has 2 heterocycles. The first-order valence-electron chi connectivity index (χ1n) is 7.26. The third-order valence-electron chi connectivity index (χ3n) is 3.83. The van der Waals surface area contributed by atoms with Crippen molar-refractivity contribution in [3.8, 4) is 0 Å². The lowest BCUT2D eigenvalue weighted by Crippen LogP contribution is -2.36. The third-order valence-corrected chi connectivity index (χ3v) is 3.83. The molecule has 3 rings (SSSR count). The Bertz CT molecular complexity index is 585. The lowest BCUT2D eigenvalue weighted by molar-refractivity contribution is -0.121. The van der Waals surface area contributed by atoms with Crippen LogP contribution in [0.3, 0.4) is 0 Å². The molecule has 106 valence electrons. The average molecular weight is 272 g/mol. The second-order valence-electron chi connectivity index (χ2n) is 5.33. The van der Waals surface area contributed by atoms with Crippen molar-refractivity contribution < 1.29 is 9.53 Å². The second-order valence-corrected chi connectivity index (χ2v) is 5.33. The number of hydrogen-bond acceptors (Lipinski definition) is 2. The van der Waals surface area contributed by atoms with E-state index in [-0.39, 0.29) is 12.0 Å². The summed E-state index contributed by atoms with van der Waals surface area (Å²) in [7, 11) is 0. The number of carbonyl (C=O) groups excluding carboxylic acids is 1. The lowest BCUT2D eigenvalue weighted by Gasteiger charge is -2.22. The number of H-pyrrole nitrogens is 1. The van der Waals surface area contributed by atoms with Crippen molar-refractivity contribution in [2.75, 3.05) is 13.2 Å². The fraction of sp³-hybridized carbons (Fsp3) is 0.438. The van der Waals surface area contributed by atoms with E-state index in [1.165, 1.54) is 6.42 Å². The van der Waals surface area contributed by atoms with Gasteiger partial charge in [-0.05, 0) is 30.9 Å². The minimum Gasteiger partial charge on any atom is -0.376 e. The number of para-hydroxylation sites is 1. The Morgan fingerprint density at radius 3 is 3.10 bits per heavy atom. The maximum atomic E-state index is 12.0. The van der Waals surface area contributed by atoms with Gasteiger partial charge < -0.3 is 15.0 Å². The van der Waals surface area contributed by atoms with Crippen LogP contribution in [0.15, 0.2) is 30.5 Å². The molecule has 1 aliphatic heterocycles. The van der Waals surface area contributed by atoms with Gasteiger partial charge in [0.1, 0.15) is 0 Å². The second kappa shape index (κ2) is 6.09. The van der Waals surface area contributed by atoms with Crippen LogP contribution in [-0.2, 0) is 16.0 Å². The number of aromatic nitrogens is 1. The fourth-order valence-electron chi connectivity index (χ4n) is 2.71. The van der Waals surface area contributed by atoms with Crippen molar-refractivity contribution in [2.24, 2.45) is 0 Å². The molecule has 1 aromatic carbocycles. The molecule has 1 saturated heterocycles. The van der Waals surface area contributed by atoms with E-state index < -0.39 is 0 Å². The normalized spacial score (nSPS) is 19.1. The van der Waals surface area contributed by atoms with Crippen LogP contribution >= 0.6 is 0 Å². The molecule has 1 fully saturated rings. The molecular weight excluding hydrogens is 252 g/mol. The highest BCUT2D eigenvalue weighted by Gasteiger charge is 2.15. The molecule has 0 spiro atoms. The summed E-state index contributed by atoms with van der Waals surface area (Å²) < 4.78 is 5.61. The van der Waals surface area contributed by atoms with Crippen molar-refractivity contribution in [3.05, 3.63) is 36.0 Å². The smallest absolute Gasteiger partial charge is 0.224 e. The van der Waals surface area contributed by atoms with E-state index in [1.54, 1.807) is 0 Å². The van der Waals surface area contributed by atoms with E-state index in [9.17, 15) is 4.79 Å². The molecule has 1 aromatic heterocycles. The van der Waals surface area contributed by atoms with Crippen LogP contribution in [0.1, 0.15) is 24.8 Å². The van der Waals surface area contributed by atoms with Gasteiger partial charge in [-0.3, -0.25) is 4.79 Å². The summed E-state index contributed by atoms with van der Waals surface area (Å²) in [6.07, 6.45) is 5.91. The Morgan fingerprint density at radius 2 is 2.25 bits per heavy atom. The Morgan fingerprint density at radius 1 is 1.35 bits per heavy atom. The molecule has 1 amide bonds. The van der Waals surface area contributed by atoms with E-state index >= 15 is 0 Å². The van der Waals surface area contributed by atoms with Crippen LogP contribution in [0.2, 0.25) is 0 Å². The molecule has 4 heteroatoms. The third kappa shape index (κ3) is 3.02. The molecular formula is C16H20N2O2. The summed E-state index contributed by atoms with van der Waals surface area (Å²) in [5.41, 5.74) is 2.12. The highest BCUT2D eigenvalue weighted by Crippen LogP contribution is 2.18. The summed E-state index contributed by atoms with van der Waals surface area (Å²) in [6.45, 7) is 1.45. The molecule has 0 saturated carbocycles. The van der Waals surface area contributed by atoms with Gasteiger partial charge in [0.15, 0.2) is 0 Å². The van der Waals surface area contributed by atoms with Crippen LogP contribution in [0, 0.1) is 0 Å². The SMILES string of the molecule is O=C(Cc1c[nH]c2ccccc12)NCC1CCCCO1. The monoisotopic (exact) mass is 272 g/mol. The molecule has 20 heavy (non-hydrogen) atoms. The van der Waals surface area contributed by atoms with Crippen molar-refractivity contribution in [3.63, 3.8) is 0 Å². The summed E-state index contributed by atoms with van der Waals surface area (Å²) in [5, 5.41) is 4.10. The first-order valence-corrected chi connectivity index (χ1v) is 7.26. The Kier molecular flexibility index (Phi) is 4.02. The van der Waals surface area contributed by atoms with E-state index in [0.29, 0.717) is 13.0 Å². The zero-order valence-corrected chi connectivity index (χ0v) is 11.5. The fourth-order valence-corrected chi connectivity index (χ4v) is 2.71. The minimum absolute atomic E-state index is 0.0592. The minimum atomic E-state index is 0.0592. The molecule has 1 aliphatic rings. The number of aromatic amines is 1. The molecule has 0 radical (unpaired) electrons. The molecule has 2 N–H and O–H groups in total. The van der Waals surface area contributed by atoms with Crippen LogP contribution in [0.5, 0.6) is 0 Å². The van der Waals surface area contributed by atoms with Crippen molar-refractivity contribution in [2.45, 2.75) is 31.8 Å². The summed E-state index contributed by atoms with van der Waals surface area (Å²) >= 11 is 0. The maximum Gasteiger partial charge on any atom is 0.224 e. The predicted molar refractivity (Wildman–Crippen MR) is 78.6 cm³/mol. The van der Waals surface area contributed by atoms with Gasteiger partial charge in [0.2, 0.25) is 5.91 Å². The number of amides is 1. The largest absolute Gasteiger partial charge is 0.376 e. The molecule has 0 bridgehead atoms. The van der Waals surface area contributed by atoms with Gasteiger partial charge in [0, 0.05) is 30.3 Å². The quantitative estimate of drug-likeness (QED) is 0.898. The van der Waals surface area contributed by atoms with Gasteiger partial charge in [0.05, 0.1) is 12.5 Å². The summed E-state index contributed by atoms with van der Waals surface area (Å²) in [4.78, 5) is 15.2. The number of hydrogen-bond donors (Lipinski definition) is 2. The van der Waals surface area contributed by atoms with Crippen LogP contribution < -0.4 is 5.32 Å². The Balaban J connectivity index is 1.55. The topological polar surface area (TPSA) is 54.1 Å². The van der Waals surface area contributed by atoms with Crippen molar-refractivity contribution >= 4 is 16.8 Å². The molecule has 1 unspecified atom stereocenters. The summed E-state index contributed by atoms with van der Waals surface area (Å²) in [6, 6.07) is 8.04. The predicted octanol–water partition coefficient (Wildman–Crippen LogP) is 2.40. The zero-order valence-electron chi connectivity index (χ0n) is 11.5. The molecule has 1 atom stereocenters. The van der Waals surface area contributed by atoms with Crippen LogP contribution in [-0.4, -0.2) is 30.1 Å². The Labute approximate surface area is 118 Å². The van der Waals surface area contributed by atoms with E-state index in [4.69, 9.17) is 4.74 Å². The van der Waals surface area contributed by atoms with Crippen LogP contribution in [0.4, 0.5) is 0 Å². The van der Waals surface area contributed by atoms with Gasteiger partial charge >= 0.3 is 0 Å². The highest BCUT2D eigenvalue weighted by molar-refractivity contribution is 5.88. The number of ether oxygens (including phenoxy) is 1. The molecule has 0 aliphatic carbocycles. The number of carbonyl (C=O) groups is 1. The van der Waals surface area contributed by atoms with Crippen LogP contribution in [0.25, 0.3) is 10.9 Å². The van der Waals surface area contributed by atoms with E-state index in [2.05, 4.69) is 10.3 Å². The van der Waals surface area contributed by atoms with Gasteiger partial charge in [-0.1, -0.05) is 18.2 Å². The van der Waals surface area contributed by atoms with Gasteiger partial charge in [0.25, 0.3) is 0 Å². The van der Waals surface area contributed by atoms with Gasteiger partial charge in [-0.25, -0.2) is 0 Å². The Hall–Kier alpha value is -1.81. The summed E-state index contributed by atoms with van der Waals surface area (Å²) in [5.74, 6) is 0.0592. The van der Waals surface area contributed by atoms with E-state index in [1.807, 2.05) is 30.5 Å². The van der Waals surface area contributed by atoms with Gasteiger partial charge in [-0.2, -0.15) is 0 Å². The lowest BCUT2D eigenvalue weighted by atomic mass is 10.1. The molecule has 4 nitrogen and oxygen atoms in total. The number of nitrogens with one attached hydrogen (secondary N) is 2. The number of fused-ring (bicyclic) bond motifs is 1. The standard InChI is InChI=1S/C16H20N2O2/c19-16(18-11-13-5-3-4-8-20-13)9-12-10-17-15-7-2-1-6-14(12)15/h1-2,6-7,10,13,17H,3-5,8-9,11H2,(H,18,19). The van der Waals surface area contributed by atoms with Gasteiger partial charge in [-0.15, -0.1) is 0 Å². The van der Waals surface area contributed by atoms with E-state index in [0.717, 1.165) is 35.9 Å². The first-order chi connectivity index (χ1) is 9.83. The zero-order chi connectivity index (χ0) is 13.8. The first kappa shape index (κ1) is 13.2. The van der Waals surface area contributed by atoms with Crippen molar-refractivity contribution in [1.29, 1.82) is 0 Å².